The van der Waals surface area contributed by atoms with Crippen molar-refractivity contribution in [2.45, 2.75) is 5.75 Å². The minimum Gasteiger partial charge on any atom is -0.497 e. The lowest BCUT2D eigenvalue weighted by Gasteiger charge is -2.15. The summed E-state index contributed by atoms with van der Waals surface area (Å²) in [5.74, 6) is 0.405. The van der Waals surface area contributed by atoms with Gasteiger partial charge in [-0.2, -0.15) is 0 Å². The van der Waals surface area contributed by atoms with E-state index in [2.05, 4.69) is 0 Å². The van der Waals surface area contributed by atoms with Crippen molar-refractivity contribution in [2.75, 3.05) is 12.0 Å². The summed E-state index contributed by atoms with van der Waals surface area (Å²) in [7, 11) is 1.55. The number of ether oxygens (including phenoxy) is 1. The third-order valence-corrected chi connectivity index (χ3v) is 5.54. The van der Waals surface area contributed by atoms with Gasteiger partial charge in [-0.15, -0.1) is 11.8 Å². The van der Waals surface area contributed by atoms with Crippen molar-refractivity contribution in [3.8, 4) is 5.75 Å². The molecule has 0 aliphatic carbocycles. The molecule has 0 fully saturated rings. The predicted octanol–water partition coefficient (Wildman–Crippen LogP) is 4.65. The van der Waals surface area contributed by atoms with Crippen LogP contribution in [-0.4, -0.2) is 18.9 Å². The third kappa shape index (κ3) is 3.69. The Bertz CT molecular complexity index is 1070. The van der Waals surface area contributed by atoms with Crippen LogP contribution < -0.4 is 9.64 Å². The van der Waals surface area contributed by atoms with E-state index in [1.165, 1.54) is 36.0 Å². The quantitative estimate of drug-likeness (QED) is 0.555. The average molecular weight is 409 g/mol. The molecule has 1 aliphatic heterocycles. The van der Waals surface area contributed by atoms with Gasteiger partial charge >= 0.3 is 0 Å². The van der Waals surface area contributed by atoms with Gasteiger partial charge in [-0.3, -0.25) is 9.59 Å². The average Bonchev–Trinajstić information content (AvgIpc) is 3.34. The Morgan fingerprint density at radius 2 is 1.72 bits per heavy atom. The molecule has 29 heavy (non-hydrogen) atoms. The number of rotatable bonds is 6. The Morgan fingerprint density at radius 3 is 2.34 bits per heavy atom. The number of methoxy groups -OCH3 is 1. The third-order valence-electron chi connectivity index (χ3n) is 4.44. The second-order valence-electron chi connectivity index (χ2n) is 6.22. The second-order valence-corrected chi connectivity index (χ2v) is 7.21. The van der Waals surface area contributed by atoms with Gasteiger partial charge in [-0.1, -0.05) is 12.1 Å². The van der Waals surface area contributed by atoms with Crippen molar-refractivity contribution in [1.29, 1.82) is 0 Å². The van der Waals surface area contributed by atoms with E-state index in [0.717, 1.165) is 4.90 Å². The maximum absolute atomic E-state index is 13.3. The number of carbonyl (C=O) groups is 2. The molecule has 0 spiro atoms. The second kappa shape index (κ2) is 7.97. The minimum absolute atomic E-state index is 0.304. The van der Waals surface area contributed by atoms with E-state index in [9.17, 15) is 14.0 Å². The van der Waals surface area contributed by atoms with E-state index in [1.54, 1.807) is 49.8 Å². The number of imide groups is 1. The van der Waals surface area contributed by atoms with Gasteiger partial charge in [0.25, 0.3) is 11.8 Å². The zero-order chi connectivity index (χ0) is 20.4. The molecule has 2 amide bonds. The van der Waals surface area contributed by atoms with Crippen LogP contribution in [0, 0.1) is 5.82 Å². The number of carbonyl (C=O) groups excluding carboxylic acids is 2. The standard InChI is InChI=1S/C22H16FNO4S/c1-27-17-10-4-14(5-11-17)19-20(29-13-18-3-2-12-28-18)22(26)24(21(19)25)16-8-6-15(23)7-9-16/h2-12H,13H2,1H3. The summed E-state index contributed by atoms with van der Waals surface area (Å²) in [5, 5.41) is 0. The van der Waals surface area contributed by atoms with Crippen LogP contribution in [0.3, 0.4) is 0 Å². The van der Waals surface area contributed by atoms with Crippen molar-refractivity contribution in [1.82, 2.24) is 0 Å². The highest BCUT2D eigenvalue weighted by Gasteiger charge is 2.40. The molecule has 0 unspecified atom stereocenters. The molecule has 0 N–H and O–H groups in total. The van der Waals surface area contributed by atoms with E-state index in [1.807, 2.05) is 0 Å². The first-order valence-corrected chi connectivity index (χ1v) is 9.75. The SMILES string of the molecule is COc1ccc(C2=C(SCc3ccco3)C(=O)N(c3ccc(F)cc3)C2=O)cc1. The molecule has 5 nitrogen and oxygen atoms in total. The first-order valence-electron chi connectivity index (χ1n) is 8.76. The summed E-state index contributed by atoms with van der Waals surface area (Å²) in [5.41, 5.74) is 1.23. The fraction of sp³-hybridized carbons (Fsp3) is 0.0909. The van der Waals surface area contributed by atoms with Gasteiger partial charge in [0.05, 0.1) is 35.3 Å². The van der Waals surface area contributed by atoms with E-state index in [0.29, 0.717) is 39.0 Å². The van der Waals surface area contributed by atoms with Crippen molar-refractivity contribution in [2.24, 2.45) is 0 Å². The smallest absolute Gasteiger partial charge is 0.272 e. The highest BCUT2D eigenvalue weighted by Crippen LogP contribution is 2.40. The molecule has 0 saturated heterocycles. The van der Waals surface area contributed by atoms with Gasteiger partial charge in [-0.05, 0) is 54.1 Å². The molecule has 0 saturated carbocycles. The van der Waals surface area contributed by atoms with Crippen molar-refractivity contribution in [3.05, 3.63) is 89.0 Å². The molecule has 2 aromatic carbocycles. The highest BCUT2D eigenvalue weighted by molar-refractivity contribution is 8.03. The van der Waals surface area contributed by atoms with Crippen LogP contribution in [0.5, 0.6) is 5.75 Å². The van der Waals surface area contributed by atoms with Gasteiger partial charge in [0.15, 0.2) is 0 Å². The molecule has 1 aliphatic rings. The Labute approximate surface area is 170 Å². The maximum Gasteiger partial charge on any atom is 0.272 e. The molecule has 146 valence electrons. The number of hydrogen-bond acceptors (Lipinski definition) is 5. The van der Waals surface area contributed by atoms with Crippen molar-refractivity contribution in [3.63, 3.8) is 0 Å². The van der Waals surface area contributed by atoms with Gasteiger partial charge in [-0.25, -0.2) is 9.29 Å². The van der Waals surface area contributed by atoms with Crippen LogP contribution in [0.15, 0.2) is 76.2 Å². The predicted molar refractivity (Wildman–Crippen MR) is 109 cm³/mol. The zero-order valence-corrected chi connectivity index (χ0v) is 16.2. The summed E-state index contributed by atoms with van der Waals surface area (Å²) >= 11 is 1.24. The van der Waals surface area contributed by atoms with Crippen LogP contribution in [0.2, 0.25) is 0 Å². The molecule has 0 atom stereocenters. The van der Waals surface area contributed by atoms with Gasteiger partial charge in [0, 0.05) is 0 Å². The van der Waals surface area contributed by atoms with Crippen LogP contribution in [0.1, 0.15) is 11.3 Å². The summed E-state index contributed by atoms with van der Waals surface area (Å²) in [4.78, 5) is 27.8. The van der Waals surface area contributed by atoms with E-state index in [4.69, 9.17) is 9.15 Å². The van der Waals surface area contributed by atoms with Crippen LogP contribution >= 0.6 is 11.8 Å². The monoisotopic (exact) mass is 409 g/mol. The number of halogens is 1. The first-order chi connectivity index (χ1) is 14.1. The van der Waals surface area contributed by atoms with E-state index < -0.39 is 17.6 Å². The lowest BCUT2D eigenvalue weighted by Crippen LogP contribution is -2.31. The molecule has 4 rings (SSSR count). The van der Waals surface area contributed by atoms with E-state index >= 15 is 0 Å². The Balaban J connectivity index is 1.74. The van der Waals surface area contributed by atoms with Gasteiger partial charge in [0.1, 0.15) is 17.3 Å². The summed E-state index contributed by atoms with van der Waals surface area (Å²) < 4.78 is 23.8. The number of amides is 2. The molecule has 3 aromatic rings. The largest absolute Gasteiger partial charge is 0.497 e. The Hall–Kier alpha value is -3.32. The number of hydrogen-bond donors (Lipinski definition) is 0. The lowest BCUT2D eigenvalue weighted by molar-refractivity contribution is -0.119. The van der Waals surface area contributed by atoms with Gasteiger partial charge < -0.3 is 9.15 Å². The van der Waals surface area contributed by atoms with Crippen LogP contribution in [0.4, 0.5) is 10.1 Å². The molecule has 0 radical (unpaired) electrons. The molecule has 0 bridgehead atoms. The number of furan rings is 1. The molecule has 1 aromatic heterocycles. The maximum atomic E-state index is 13.3. The highest BCUT2D eigenvalue weighted by atomic mass is 32.2. The fourth-order valence-electron chi connectivity index (χ4n) is 3.02. The zero-order valence-electron chi connectivity index (χ0n) is 15.4. The molecular weight excluding hydrogens is 393 g/mol. The lowest BCUT2D eigenvalue weighted by atomic mass is 10.1. The minimum atomic E-state index is -0.450. The molecule has 7 heteroatoms. The van der Waals surface area contributed by atoms with Gasteiger partial charge in [0.2, 0.25) is 0 Å². The number of thioether (sulfide) groups is 1. The van der Waals surface area contributed by atoms with Crippen LogP contribution in [-0.2, 0) is 15.3 Å². The first kappa shape index (κ1) is 19.0. The summed E-state index contributed by atoms with van der Waals surface area (Å²) in [6.45, 7) is 0. The number of benzene rings is 2. The number of anilines is 1. The molecular formula is C22H16FNO4S. The van der Waals surface area contributed by atoms with Crippen molar-refractivity contribution >= 4 is 34.8 Å². The Morgan fingerprint density at radius 1 is 1.00 bits per heavy atom. The van der Waals surface area contributed by atoms with E-state index in [-0.39, 0.29) is 0 Å². The summed E-state index contributed by atoms with van der Waals surface area (Å²) in [6, 6.07) is 15.8. The number of nitrogens with zero attached hydrogens (tertiary/aromatic N) is 1. The van der Waals surface area contributed by atoms with Crippen LogP contribution in [0.25, 0.3) is 5.57 Å². The Kier molecular flexibility index (Phi) is 5.22. The topological polar surface area (TPSA) is 59.8 Å². The summed E-state index contributed by atoms with van der Waals surface area (Å²) in [6.07, 6.45) is 1.56. The van der Waals surface area contributed by atoms with Crippen molar-refractivity contribution < 1.29 is 23.1 Å². The normalized spacial score (nSPS) is 14.1. The molecule has 2 heterocycles. The fourth-order valence-corrected chi connectivity index (χ4v) is 4.03.